The monoisotopic (exact) mass is 303 g/mol. The first-order chi connectivity index (χ1) is 7.93. The van der Waals surface area contributed by atoms with E-state index in [0.717, 1.165) is 0 Å². The molecule has 0 spiro atoms. The van der Waals surface area contributed by atoms with Gasteiger partial charge in [-0.2, -0.15) is 0 Å². The number of imide groups is 1. The Morgan fingerprint density at radius 2 is 1.83 bits per heavy atom. The van der Waals surface area contributed by atoms with Gasteiger partial charge in [0.25, 0.3) is 11.8 Å². The minimum atomic E-state index is -1.46. The van der Waals surface area contributed by atoms with Gasteiger partial charge in [-0.3, -0.25) is 14.5 Å². The molecule has 1 aromatic rings. The second kappa shape index (κ2) is 5.27. The normalized spacial score (nSPS) is 15.1. The van der Waals surface area contributed by atoms with Gasteiger partial charge in [-0.25, -0.2) is 0 Å². The number of amides is 2. The van der Waals surface area contributed by atoms with Crippen LogP contribution in [0.25, 0.3) is 0 Å². The van der Waals surface area contributed by atoms with E-state index in [9.17, 15) is 19.5 Å². The number of carbonyl (C=O) groups excluding carboxylic acids is 3. The summed E-state index contributed by atoms with van der Waals surface area (Å²) in [5.74, 6) is -2.67. The Labute approximate surface area is 123 Å². The predicted molar refractivity (Wildman–Crippen MR) is 59.1 cm³/mol. The van der Waals surface area contributed by atoms with Gasteiger partial charge in [0.05, 0.1) is 23.1 Å². The summed E-state index contributed by atoms with van der Waals surface area (Å²) in [5, 5.41) is 10.7. The molecule has 1 heterocycles. The molecule has 18 heavy (non-hydrogen) atoms. The quantitative estimate of drug-likeness (QED) is 0.436. The maximum atomic E-state index is 11.9. The fourth-order valence-electron chi connectivity index (χ4n) is 1.69. The molecule has 0 N–H and O–H groups in total. The molecule has 0 saturated carbocycles. The Morgan fingerprint density at radius 1 is 1.28 bits per heavy atom. The smallest absolute Gasteiger partial charge is 0.548 e. The summed E-state index contributed by atoms with van der Waals surface area (Å²) in [7, 11) is 0. The molecule has 1 atom stereocenters. The first-order valence-corrected chi connectivity index (χ1v) is 5.61. The van der Waals surface area contributed by atoms with E-state index in [0.29, 0.717) is 9.37 Å². The van der Waals surface area contributed by atoms with Gasteiger partial charge in [-0.1, -0.05) is 15.9 Å². The van der Waals surface area contributed by atoms with Gasteiger partial charge in [0, 0.05) is 4.47 Å². The average Bonchev–Trinajstić information content (AvgIpc) is 2.50. The van der Waals surface area contributed by atoms with Crippen molar-refractivity contribution < 1.29 is 38.4 Å². The Kier molecular flexibility index (Phi) is 4.38. The minimum absolute atomic E-state index is 0. The van der Waals surface area contributed by atoms with Crippen LogP contribution in [-0.4, -0.2) is 28.7 Å². The van der Waals surface area contributed by atoms with Crippen LogP contribution in [0.5, 0.6) is 0 Å². The molecule has 2 rings (SSSR count). The number of hydrogen-bond acceptors (Lipinski definition) is 4. The number of fused-ring (bicyclic) bond motifs is 1. The Hall–Kier alpha value is -1.09. The number of hydrogen-bond donors (Lipinski definition) is 0. The Bertz CT molecular complexity index is 546. The molecule has 1 aliphatic rings. The first kappa shape index (κ1) is 15.0. The largest absolute Gasteiger partial charge is 1.00 e. The third-order valence-corrected chi connectivity index (χ3v) is 3.10. The maximum absolute atomic E-state index is 11.9. The molecular weight excluding hydrogens is 297 g/mol. The SMILES string of the molecule is CC(C(=O)[O-])N1C(=O)c2ccc(Br)cc2C1=O.[Li+]. The van der Waals surface area contributed by atoms with E-state index in [2.05, 4.69) is 15.9 Å². The summed E-state index contributed by atoms with van der Waals surface area (Å²) >= 11 is 3.19. The van der Waals surface area contributed by atoms with E-state index in [4.69, 9.17) is 0 Å². The predicted octanol–water partition coefficient (Wildman–Crippen LogP) is -2.81. The zero-order valence-corrected chi connectivity index (χ0v) is 11.4. The molecule has 0 aliphatic carbocycles. The summed E-state index contributed by atoms with van der Waals surface area (Å²) in [4.78, 5) is 35.2. The second-order valence-electron chi connectivity index (χ2n) is 3.67. The van der Waals surface area contributed by atoms with Crippen LogP contribution in [0.3, 0.4) is 0 Å². The molecule has 0 saturated heterocycles. The van der Waals surface area contributed by atoms with Crippen LogP contribution in [0.2, 0.25) is 0 Å². The zero-order chi connectivity index (χ0) is 12.7. The van der Waals surface area contributed by atoms with Crippen LogP contribution < -0.4 is 24.0 Å². The van der Waals surface area contributed by atoms with Gasteiger partial charge in [-0.05, 0) is 25.1 Å². The molecule has 0 fully saturated rings. The van der Waals surface area contributed by atoms with Gasteiger partial charge in [-0.15, -0.1) is 0 Å². The molecule has 7 heteroatoms. The van der Waals surface area contributed by atoms with Gasteiger partial charge in [0.15, 0.2) is 0 Å². The molecule has 5 nitrogen and oxygen atoms in total. The number of carboxylic acids is 1. The minimum Gasteiger partial charge on any atom is -0.548 e. The molecule has 0 aromatic heterocycles. The summed E-state index contributed by atoms with van der Waals surface area (Å²) < 4.78 is 0.653. The standard InChI is InChI=1S/C11H8BrNO4.Li/c1-5(11(16)17)13-9(14)7-3-2-6(12)4-8(7)10(13)15;/h2-5H,1H3,(H,16,17);/q;+1/p-1. The molecule has 1 aliphatic heterocycles. The number of carbonyl (C=O) groups is 3. The van der Waals surface area contributed by atoms with Crippen molar-refractivity contribution in [2.45, 2.75) is 13.0 Å². The van der Waals surface area contributed by atoms with Crippen LogP contribution in [0, 0.1) is 0 Å². The molecule has 0 bridgehead atoms. The number of aliphatic carboxylic acids is 1. The number of carboxylic acid groups (broad SMARTS) is 1. The Balaban J connectivity index is 0.00000162. The van der Waals surface area contributed by atoms with E-state index in [-0.39, 0.29) is 30.0 Å². The van der Waals surface area contributed by atoms with E-state index < -0.39 is 23.8 Å². The van der Waals surface area contributed by atoms with Crippen molar-refractivity contribution >= 4 is 33.7 Å². The number of rotatable bonds is 2. The van der Waals surface area contributed by atoms with Crippen LogP contribution in [0.15, 0.2) is 22.7 Å². The van der Waals surface area contributed by atoms with Crippen LogP contribution >= 0.6 is 15.9 Å². The van der Waals surface area contributed by atoms with E-state index in [1.807, 2.05) is 0 Å². The van der Waals surface area contributed by atoms with Crippen molar-refractivity contribution in [1.82, 2.24) is 4.90 Å². The van der Waals surface area contributed by atoms with E-state index in [1.54, 1.807) is 6.07 Å². The van der Waals surface area contributed by atoms with Crippen molar-refractivity contribution in [3.8, 4) is 0 Å². The summed E-state index contributed by atoms with van der Waals surface area (Å²) in [6.45, 7) is 1.24. The molecule has 0 radical (unpaired) electrons. The van der Waals surface area contributed by atoms with Gasteiger partial charge >= 0.3 is 18.9 Å². The van der Waals surface area contributed by atoms with Crippen molar-refractivity contribution in [2.24, 2.45) is 0 Å². The van der Waals surface area contributed by atoms with Crippen LogP contribution in [0.4, 0.5) is 0 Å². The topological polar surface area (TPSA) is 77.5 Å². The van der Waals surface area contributed by atoms with Crippen molar-refractivity contribution in [3.63, 3.8) is 0 Å². The number of halogens is 1. The van der Waals surface area contributed by atoms with Crippen molar-refractivity contribution in [3.05, 3.63) is 33.8 Å². The van der Waals surface area contributed by atoms with Crippen molar-refractivity contribution in [2.75, 3.05) is 0 Å². The van der Waals surface area contributed by atoms with E-state index in [1.165, 1.54) is 19.1 Å². The second-order valence-corrected chi connectivity index (χ2v) is 4.58. The fourth-order valence-corrected chi connectivity index (χ4v) is 2.05. The van der Waals surface area contributed by atoms with Crippen LogP contribution in [-0.2, 0) is 4.79 Å². The van der Waals surface area contributed by atoms with Crippen LogP contribution in [0.1, 0.15) is 27.6 Å². The van der Waals surface area contributed by atoms with Gasteiger partial charge in [0.1, 0.15) is 0 Å². The maximum Gasteiger partial charge on any atom is 1.00 e. The van der Waals surface area contributed by atoms with E-state index >= 15 is 0 Å². The van der Waals surface area contributed by atoms with Gasteiger partial charge in [0.2, 0.25) is 0 Å². The van der Waals surface area contributed by atoms with Gasteiger partial charge < -0.3 is 9.90 Å². The summed E-state index contributed by atoms with van der Waals surface area (Å²) in [5.41, 5.74) is 0.420. The van der Waals surface area contributed by atoms with Crippen molar-refractivity contribution in [1.29, 1.82) is 0 Å². The molecule has 1 aromatic carbocycles. The third-order valence-electron chi connectivity index (χ3n) is 2.61. The fraction of sp³-hybridized carbons (Fsp3) is 0.182. The molecule has 2 amide bonds. The number of benzene rings is 1. The number of nitrogens with zero attached hydrogens (tertiary/aromatic N) is 1. The third kappa shape index (κ3) is 2.24. The molecule has 1 unspecified atom stereocenters. The molecule has 88 valence electrons. The zero-order valence-electron chi connectivity index (χ0n) is 9.77. The molecular formula is C11H7BrLiNO4. The average molecular weight is 304 g/mol. The Morgan fingerprint density at radius 3 is 2.39 bits per heavy atom. The summed E-state index contributed by atoms with van der Waals surface area (Å²) in [6.07, 6.45) is 0. The first-order valence-electron chi connectivity index (χ1n) is 4.81. The summed E-state index contributed by atoms with van der Waals surface area (Å²) in [6, 6.07) is 3.33.